The molecule has 0 aliphatic heterocycles. The summed E-state index contributed by atoms with van der Waals surface area (Å²) < 4.78 is 0. The molecule has 1 aliphatic carbocycles. The number of rotatable bonds is 4. The fraction of sp³-hybridized carbons (Fsp3) is 0.500. The summed E-state index contributed by atoms with van der Waals surface area (Å²) in [5.74, 6) is -0.283. The lowest BCUT2D eigenvalue weighted by atomic mass is 10.1. The summed E-state index contributed by atoms with van der Waals surface area (Å²) in [5, 5.41) is 12.2. The third-order valence-corrected chi connectivity index (χ3v) is 3.31. The molecule has 0 saturated heterocycles. The first-order valence-electron chi connectivity index (χ1n) is 5.42. The van der Waals surface area contributed by atoms with Crippen LogP contribution in [-0.2, 0) is 0 Å². The van der Waals surface area contributed by atoms with Crippen LogP contribution in [0.1, 0.15) is 30.6 Å². The minimum absolute atomic E-state index is 0.286. The second-order valence-electron chi connectivity index (χ2n) is 5.00. The predicted molar refractivity (Wildman–Crippen MR) is 61.6 cm³/mol. The first-order valence-corrected chi connectivity index (χ1v) is 5.42. The van der Waals surface area contributed by atoms with Gasteiger partial charge in [-0.2, -0.15) is 0 Å². The molecule has 1 aromatic rings. The van der Waals surface area contributed by atoms with Gasteiger partial charge in [-0.05, 0) is 23.8 Å². The number of nitrogens with one attached hydrogen (secondary N) is 1. The minimum atomic E-state index is -0.917. The van der Waals surface area contributed by atoms with E-state index < -0.39 is 5.97 Å². The van der Waals surface area contributed by atoms with Crippen LogP contribution >= 0.6 is 0 Å². The Balaban J connectivity index is 2.02. The molecule has 1 aliphatic rings. The van der Waals surface area contributed by atoms with E-state index in [1.54, 1.807) is 6.20 Å². The highest BCUT2D eigenvalue weighted by atomic mass is 16.4. The molecule has 86 valence electrons. The Labute approximate surface area is 94.7 Å². The molecule has 1 saturated carbocycles. The summed E-state index contributed by atoms with van der Waals surface area (Å²) in [5.41, 5.74) is 1.30. The zero-order chi connectivity index (χ0) is 11.8. The molecular formula is C12H16N2O2. The Morgan fingerprint density at radius 3 is 2.94 bits per heavy atom. The van der Waals surface area contributed by atoms with E-state index in [0.717, 1.165) is 6.54 Å². The van der Waals surface area contributed by atoms with Gasteiger partial charge in [0.25, 0.3) is 0 Å². The van der Waals surface area contributed by atoms with Crippen molar-refractivity contribution in [1.29, 1.82) is 0 Å². The van der Waals surface area contributed by atoms with Crippen molar-refractivity contribution in [3.8, 4) is 0 Å². The monoisotopic (exact) mass is 220 g/mol. The Morgan fingerprint density at radius 1 is 1.69 bits per heavy atom. The fourth-order valence-corrected chi connectivity index (χ4v) is 1.88. The predicted octanol–water partition coefficient (Wildman–Crippen LogP) is 2.24. The molecule has 1 aromatic heterocycles. The Morgan fingerprint density at radius 2 is 2.38 bits per heavy atom. The summed E-state index contributed by atoms with van der Waals surface area (Å²) in [4.78, 5) is 14.9. The lowest BCUT2D eigenvalue weighted by Crippen LogP contribution is -2.11. The Hall–Kier alpha value is -1.58. The summed E-state index contributed by atoms with van der Waals surface area (Å²) in [7, 11) is 0. The van der Waals surface area contributed by atoms with Gasteiger partial charge in [-0.15, -0.1) is 0 Å². The number of hydrogen-bond donors (Lipinski definition) is 2. The number of aromatic carboxylic acids is 1. The van der Waals surface area contributed by atoms with E-state index in [1.807, 2.05) is 0 Å². The van der Waals surface area contributed by atoms with Crippen molar-refractivity contribution in [2.24, 2.45) is 11.3 Å². The van der Waals surface area contributed by atoms with E-state index in [0.29, 0.717) is 17.0 Å². The van der Waals surface area contributed by atoms with Crippen molar-refractivity contribution in [2.45, 2.75) is 20.3 Å². The number of carboxylic acid groups (broad SMARTS) is 1. The molecule has 0 aromatic carbocycles. The van der Waals surface area contributed by atoms with Crippen LogP contribution in [0.5, 0.6) is 0 Å². The van der Waals surface area contributed by atoms with Gasteiger partial charge in [0.2, 0.25) is 0 Å². The zero-order valence-electron chi connectivity index (χ0n) is 9.53. The molecule has 16 heavy (non-hydrogen) atoms. The standard InChI is InChI=1S/C12H16N2O2/c1-12(2)5-8(12)6-14-10-7-13-4-3-9(10)11(15)16/h3-4,7-8,14H,5-6H2,1-2H3,(H,15,16). The molecule has 1 heterocycles. The molecule has 2 N–H and O–H groups in total. The van der Waals surface area contributed by atoms with Gasteiger partial charge in [0, 0.05) is 12.7 Å². The van der Waals surface area contributed by atoms with Crippen LogP contribution < -0.4 is 5.32 Å². The highest BCUT2D eigenvalue weighted by Gasteiger charge is 2.45. The first-order chi connectivity index (χ1) is 7.50. The molecule has 1 fully saturated rings. The van der Waals surface area contributed by atoms with Crippen molar-refractivity contribution in [3.05, 3.63) is 24.0 Å². The van der Waals surface area contributed by atoms with Crippen LogP contribution in [0.3, 0.4) is 0 Å². The van der Waals surface area contributed by atoms with Gasteiger partial charge in [-0.25, -0.2) is 4.79 Å². The second kappa shape index (κ2) is 3.77. The largest absolute Gasteiger partial charge is 0.478 e. The number of nitrogens with zero attached hydrogens (tertiary/aromatic N) is 1. The van der Waals surface area contributed by atoms with E-state index in [4.69, 9.17) is 5.11 Å². The van der Waals surface area contributed by atoms with Gasteiger partial charge < -0.3 is 10.4 Å². The van der Waals surface area contributed by atoms with E-state index in [2.05, 4.69) is 24.1 Å². The number of carbonyl (C=O) groups is 1. The molecule has 4 nitrogen and oxygen atoms in total. The van der Waals surface area contributed by atoms with E-state index >= 15 is 0 Å². The van der Waals surface area contributed by atoms with Crippen molar-refractivity contribution in [3.63, 3.8) is 0 Å². The normalized spacial score (nSPS) is 21.5. The van der Waals surface area contributed by atoms with Gasteiger partial charge in [0.15, 0.2) is 0 Å². The second-order valence-corrected chi connectivity index (χ2v) is 5.00. The van der Waals surface area contributed by atoms with E-state index in [-0.39, 0.29) is 5.56 Å². The maximum absolute atomic E-state index is 10.9. The van der Waals surface area contributed by atoms with Crippen LogP contribution in [0.15, 0.2) is 18.5 Å². The Bertz CT molecular complexity index is 415. The molecule has 2 rings (SSSR count). The maximum Gasteiger partial charge on any atom is 0.337 e. The first kappa shape index (κ1) is 10.9. The average Bonchev–Trinajstić information content (AvgIpc) is 2.84. The van der Waals surface area contributed by atoms with Crippen molar-refractivity contribution >= 4 is 11.7 Å². The highest BCUT2D eigenvalue weighted by Crippen LogP contribution is 2.51. The van der Waals surface area contributed by atoms with Gasteiger partial charge in [-0.1, -0.05) is 13.8 Å². The molecule has 1 atom stereocenters. The minimum Gasteiger partial charge on any atom is -0.478 e. The third-order valence-electron chi connectivity index (χ3n) is 3.31. The van der Waals surface area contributed by atoms with Crippen molar-refractivity contribution in [1.82, 2.24) is 4.98 Å². The van der Waals surface area contributed by atoms with Crippen LogP contribution in [0.2, 0.25) is 0 Å². The van der Waals surface area contributed by atoms with Crippen molar-refractivity contribution < 1.29 is 9.90 Å². The van der Waals surface area contributed by atoms with Gasteiger partial charge >= 0.3 is 5.97 Å². The summed E-state index contributed by atoms with van der Waals surface area (Å²) in [6.07, 6.45) is 4.26. The fourth-order valence-electron chi connectivity index (χ4n) is 1.88. The lowest BCUT2D eigenvalue weighted by molar-refractivity contribution is 0.0698. The molecule has 0 bridgehead atoms. The molecule has 1 unspecified atom stereocenters. The number of pyridine rings is 1. The number of anilines is 1. The van der Waals surface area contributed by atoms with Gasteiger partial charge in [-0.3, -0.25) is 4.98 Å². The summed E-state index contributed by atoms with van der Waals surface area (Å²) in [6.45, 7) is 5.26. The smallest absolute Gasteiger partial charge is 0.337 e. The lowest BCUT2D eigenvalue weighted by Gasteiger charge is -2.09. The number of aromatic nitrogens is 1. The molecule has 4 heteroatoms. The maximum atomic E-state index is 10.9. The summed E-state index contributed by atoms with van der Waals surface area (Å²) in [6, 6.07) is 1.52. The SMILES string of the molecule is CC1(C)CC1CNc1cnccc1C(=O)O. The Kier molecular flexibility index (Phi) is 2.58. The number of hydrogen-bond acceptors (Lipinski definition) is 3. The molecule has 0 amide bonds. The van der Waals surface area contributed by atoms with Gasteiger partial charge in [0.05, 0.1) is 17.4 Å². The molecule has 0 spiro atoms. The van der Waals surface area contributed by atoms with Crippen LogP contribution in [0.4, 0.5) is 5.69 Å². The van der Waals surface area contributed by atoms with Crippen LogP contribution in [0, 0.1) is 11.3 Å². The van der Waals surface area contributed by atoms with E-state index in [9.17, 15) is 4.79 Å². The molecule has 0 radical (unpaired) electrons. The quantitative estimate of drug-likeness (QED) is 0.816. The summed E-state index contributed by atoms with van der Waals surface area (Å²) >= 11 is 0. The van der Waals surface area contributed by atoms with Gasteiger partial charge in [0.1, 0.15) is 0 Å². The van der Waals surface area contributed by atoms with E-state index in [1.165, 1.54) is 18.7 Å². The highest BCUT2D eigenvalue weighted by molar-refractivity contribution is 5.93. The zero-order valence-corrected chi connectivity index (χ0v) is 9.53. The third kappa shape index (κ3) is 2.15. The molecular weight excluding hydrogens is 204 g/mol. The van der Waals surface area contributed by atoms with Crippen LogP contribution in [0.25, 0.3) is 0 Å². The average molecular weight is 220 g/mol. The number of carboxylic acids is 1. The van der Waals surface area contributed by atoms with Crippen molar-refractivity contribution in [2.75, 3.05) is 11.9 Å². The van der Waals surface area contributed by atoms with Crippen LogP contribution in [-0.4, -0.2) is 22.6 Å². The topological polar surface area (TPSA) is 62.2 Å².